The maximum absolute atomic E-state index is 11.2. The van der Waals surface area contributed by atoms with E-state index in [0.29, 0.717) is 13.0 Å². The highest BCUT2D eigenvalue weighted by Gasteiger charge is 2.24. The van der Waals surface area contributed by atoms with Gasteiger partial charge in [-0.05, 0) is 12.8 Å². The molecule has 0 bridgehead atoms. The monoisotopic (exact) mass is 181 g/mol. The Labute approximate surface area is 75.5 Å². The van der Waals surface area contributed by atoms with Crippen molar-refractivity contribution in [1.82, 2.24) is 15.4 Å². The van der Waals surface area contributed by atoms with Crippen molar-refractivity contribution in [3.05, 3.63) is 11.9 Å². The lowest BCUT2D eigenvalue weighted by atomic mass is 9.96. The average molecular weight is 181 g/mol. The number of H-pyrrole nitrogens is 1. The number of ether oxygens (including phenoxy) is 1. The first-order chi connectivity index (χ1) is 6.36. The molecule has 1 saturated heterocycles. The van der Waals surface area contributed by atoms with Crippen LogP contribution in [0.5, 0.6) is 0 Å². The van der Waals surface area contributed by atoms with Crippen LogP contribution in [0.1, 0.15) is 18.5 Å². The summed E-state index contributed by atoms with van der Waals surface area (Å²) in [6, 6.07) is 0. The summed E-state index contributed by atoms with van der Waals surface area (Å²) < 4.78 is 4.94. The predicted octanol–water partition coefficient (Wildman–Crippen LogP) is 0.300. The smallest absolute Gasteiger partial charge is 0.309 e. The molecule has 1 aromatic heterocycles. The Hall–Kier alpha value is -1.39. The molecule has 2 heterocycles. The van der Waals surface area contributed by atoms with E-state index in [-0.39, 0.29) is 11.9 Å². The summed E-state index contributed by atoms with van der Waals surface area (Å²) in [6.07, 6.45) is 4.12. The Morgan fingerprint density at radius 3 is 3.31 bits per heavy atom. The average Bonchev–Trinajstić information content (AvgIpc) is 2.61. The second-order valence-corrected chi connectivity index (χ2v) is 3.17. The van der Waals surface area contributed by atoms with Crippen molar-refractivity contribution in [1.29, 1.82) is 0 Å². The zero-order valence-electron chi connectivity index (χ0n) is 7.19. The molecule has 0 aromatic carbocycles. The van der Waals surface area contributed by atoms with Crippen molar-refractivity contribution in [3.63, 3.8) is 0 Å². The molecule has 0 radical (unpaired) electrons. The fraction of sp³-hybridized carbons (Fsp3) is 0.625. The van der Waals surface area contributed by atoms with E-state index in [9.17, 15) is 4.79 Å². The lowest BCUT2D eigenvalue weighted by Gasteiger charge is -2.19. The van der Waals surface area contributed by atoms with Gasteiger partial charge in [0.25, 0.3) is 0 Å². The normalized spacial score (nSPS) is 22.8. The molecule has 0 saturated carbocycles. The molecule has 13 heavy (non-hydrogen) atoms. The van der Waals surface area contributed by atoms with Crippen LogP contribution in [0.3, 0.4) is 0 Å². The molecule has 1 aromatic rings. The number of esters is 1. The summed E-state index contributed by atoms with van der Waals surface area (Å²) in [4.78, 5) is 11.2. The van der Waals surface area contributed by atoms with Crippen molar-refractivity contribution in [2.45, 2.75) is 19.3 Å². The molecule has 70 valence electrons. The summed E-state index contributed by atoms with van der Waals surface area (Å²) in [5, 5.41) is 10.1. The summed E-state index contributed by atoms with van der Waals surface area (Å²) in [5.41, 5.74) is 0.823. The first kappa shape index (κ1) is 8.22. The Balaban J connectivity index is 1.97. The highest BCUT2D eigenvalue weighted by Crippen LogP contribution is 2.18. The lowest BCUT2D eigenvalue weighted by molar-refractivity contribution is -0.152. The zero-order chi connectivity index (χ0) is 9.10. The van der Waals surface area contributed by atoms with E-state index in [1.54, 1.807) is 6.20 Å². The third-order valence-corrected chi connectivity index (χ3v) is 2.20. The molecule has 1 fully saturated rings. The van der Waals surface area contributed by atoms with Gasteiger partial charge in [-0.15, -0.1) is 0 Å². The number of hydrogen-bond donors (Lipinski definition) is 1. The van der Waals surface area contributed by atoms with Gasteiger partial charge in [0.1, 0.15) is 0 Å². The Kier molecular flexibility index (Phi) is 2.25. The van der Waals surface area contributed by atoms with Crippen LogP contribution in [0.4, 0.5) is 0 Å². The first-order valence-corrected chi connectivity index (χ1v) is 4.37. The molecule has 1 unspecified atom stereocenters. The third kappa shape index (κ3) is 1.85. The van der Waals surface area contributed by atoms with Crippen LogP contribution in [0.2, 0.25) is 0 Å². The Bertz CT molecular complexity index is 284. The minimum absolute atomic E-state index is 0.0288. The molecular weight excluding hydrogens is 170 g/mol. The van der Waals surface area contributed by atoms with Gasteiger partial charge in [-0.1, -0.05) is 0 Å². The summed E-state index contributed by atoms with van der Waals surface area (Å²) in [5.74, 6) is -0.131. The molecule has 0 amide bonds. The molecule has 0 aliphatic carbocycles. The van der Waals surface area contributed by atoms with Crippen molar-refractivity contribution < 1.29 is 9.53 Å². The maximum atomic E-state index is 11.2. The molecule has 1 aliphatic heterocycles. The van der Waals surface area contributed by atoms with Crippen LogP contribution in [-0.2, 0) is 16.0 Å². The van der Waals surface area contributed by atoms with E-state index in [4.69, 9.17) is 4.74 Å². The largest absolute Gasteiger partial charge is 0.465 e. The number of carbonyl (C=O) groups excluding carboxylic acids is 1. The van der Waals surface area contributed by atoms with E-state index in [0.717, 1.165) is 18.5 Å². The number of nitrogens with one attached hydrogen (secondary N) is 1. The van der Waals surface area contributed by atoms with Crippen molar-refractivity contribution in [3.8, 4) is 0 Å². The molecule has 5 nitrogen and oxygen atoms in total. The van der Waals surface area contributed by atoms with E-state index in [1.165, 1.54) is 0 Å². The van der Waals surface area contributed by atoms with Gasteiger partial charge in [0.15, 0.2) is 0 Å². The third-order valence-electron chi connectivity index (χ3n) is 2.20. The second kappa shape index (κ2) is 3.55. The van der Waals surface area contributed by atoms with Crippen molar-refractivity contribution in [2.75, 3.05) is 6.61 Å². The summed E-state index contributed by atoms with van der Waals surface area (Å²) in [6.45, 7) is 0.564. The number of aromatic amines is 1. The van der Waals surface area contributed by atoms with Gasteiger partial charge in [-0.25, -0.2) is 0 Å². The topological polar surface area (TPSA) is 67.9 Å². The minimum Gasteiger partial charge on any atom is -0.465 e. The molecule has 1 atom stereocenters. The van der Waals surface area contributed by atoms with Crippen LogP contribution < -0.4 is 0 Å². The lowest BCUT2D eigenvalue weighted by Crippen LogP contribution is -2.25. The number of carbonyl (C=O) groups is 1. The fourth-order valence-electron chi connectivity index (χ4n) is 1.50. The summed E-state index contributed by atoms with van der Waals surface area (Å²) in [7, 11) is 0. The van der Waals surface area contributed by atoms with Crippen LogP contribution in [0, 0.1) is 5.92 Å². The van der Waals surface area contributed by atoms with Crippen molar-refractivity contribution >= 4 is 5.97 Å². The highest BCUT2D eigenvalue weighted by atomic mass is 16.5. The number of nitrogens with zero attached hydrogens (tertiary/aromatic N) is 2. The van der Waals surface area contributed by atoms with Gasteiger partial charge in [0.05, 0.1) is 24.4 Å². The van der Waals surface area contributed by atoms with Gasteiger partial charge < -0.3 is 4.74 Å². The zero-order valence-corrected chi connectivity index (χ0v) is 7.19. The Morgan fingerprint density at radius 1 is 1.69 bits per heavy atom. The van der Waals surface area contributed by atoms with Gasteiger partial charge in [-0.3, -0.25) is 4.79 Å². The number of hydrogen-bond acceptors (Lipinski definition) is 4. The highest BCUT2D eigenvalue weighted by molar-refractivity contribution is 5.73. The molecule has 1 N–H and O–H groups in total. The predicted molar refractivity (Wildman–Crippen MR) is 43.8 cm³/mol. The van der Waals surface area contributed by atoms with Crippen molar-refractivity contribution in [2.24, 2.45) is 5.92 Å². The molecule has 2 rings (SSSR count). The number of rotatable bonds is 2. The Morgan fingerprint density at radius 2 is 2.62 bits per heavy atom. The molecule has 1 aliphatic rings. The standard InChI is InChI=1S/C8H11N3O2/c12-8-6(2-1-3-13-8)4-7-5-9-11-10-7/h5-6H,1-4H2,(H,9,10,11). The SMILES string of the molecule is O=C1OCCCC1Cc1cn[nH]n1. The van der Waals surface area contributed by atoms with E-state index in [2.05, 4.69) is 15.4 Å². The number of cyclic esters (lactones) is 1. The second-order valence-electron chi connectivity index (χ2n) is 3.17. The van der Waals surface area contributed by atoms with Crippen LogP contribution in [0.15, 0.2) is 6.20 Å². The molecular formula is C8H11N3O2. The van der Waals surface area contributed by atoms with Crippen LogP contribution >= 0.6 is 0 Å². The molecule has 5 heteroatoms. The van der Waals surface area contributed by atoms with Crippen LogP contribution in [0.25, 0.3) is 0 Å². The van der Waals surface area contributed by atoms with Gasteiger partial charge >= 0.3 is 5.97 Å². The fourth-order valence-corrected chi connectivity index (χ4v) is 1.50. The first-order valence-electron chi connectivity index (χ1n) is 4.37. The van der Waals surface area contributed by atoms with E-state index >= 15 is 0 Å². The van der Waals surface area contributed by atoms with Gasteiger partial charge in [-0.2, -0.15) is 15.4 Å². The molecule has 0 spiro atoms. The van der Waals surface area contributed by atoms with Gasteiger partial charge in [0.2, 0.25) is 0 Å². The number of aromatic nitrogens is 3. The van der Waals surface area contributed by atoms with E-state index in [1.807, 2.05) is 0 Å². The van der Waals surface area contributed by atoms with Crippen LogP contribution in [-0.4, -0.2) is 28.0 Å². The summed E-state index contributed by atoms with van der Waals surface area (Å²) >= 11 is 0. The quantitative estimate of drug-likeness (QED) is 0.666. The van der Waals surface area contributed by atoms with Gasteiger partial charge in [0, 0.05) is 6.42 Å². The minimum atomic E-state index is -0.103. The van der Waals surface area contributed by atoms with E-state index < -0.39 is 0 Å². The maximum Gasteiger partial charge on any atom is 0.309 e.